The predicted molar refractivity (Wildman–Crippen MR) is 128 cm³/mol. The highest BCUT2D eigenvalue weighted by atomic mass is 19.4. The molecule has 3 aromatic rings. The van der Waals surface area contributed by atoms with E-state index in [2.05, 4.69) is 15.7 Å². The van der Waals surface area contributed by atoms with Crippen LogP contribution in [-0.4, -0.2) is 20.9 Å². The highest BCUT2D eigenvalue weighted by molar-refractivity contribution is 5.93. The topological polar surface area (TPSA) is 81.0 Å². The van der Waals surface area contributed by atoms with Crippen molar-refractivity contribution >= 4 is 16.6 Å². The molecule has 186 valence electrons. The van der Waals surface area contributed by atoms with Crippen molar-refractivity contribution in [2.24, 2.45) is 7.05 Å². The van der Waals surface area contributed by atoms with Gasteiger partial charge in [0.25, 0.3) is 11.1 Å². The van der Waals surface area contributed by atoms with Crippen molar-refractivity contribution in [1.82, 2.24) is 19.7 Å². The smallest absolute Gasteiger partial charge is 0.362 e. The number of benzene rings is 1. The van der Waals surface area contributed by atoms with Crippen molar-refractivity contribution < 1.29 is 13.2 Å². The van der Waals surface area contributed by atoms with Crippen LogP contribution in [0.5, 0.6) is 0 Å². The molecule has 1 saturated carbocycles. The fourth-order valence-electron chi connectivity index (χ4n) is 5.17. The van der Waals surface area contributed by atoms with E-state index in [9.17, 15) is 22.8 Å². The van der Waals surface area contributed by atoms with Gasteiger partial charge >= 0.3 is 6.18 Å². The molecule has 7 nitrogen and oxygen atoms in total. The van der Waals surface area contributed by atoms with E-state index in [0.717, 1.165) is 38.3 Å². The van der Waals surface area contributed by atoms with Gasteiger partial charge in [0.2, 0.25) is 0 Å². The van der Waals surface area contributed by atoms with E-state index in [4.69, 9.17) is 0 Å². The van der Waals surface area contributed by atoms with Crippen molar-refractivity contribution in [3.05, 3.63) is 67.4 Å². The van der Waals surface area contributed by atoms with Crippen LogP contribution in [0.3, 0.4) is 0 Å². The summed E-state index contributed by atoms with van der Waals surface area (Å²) in [5.41, 5.74) is -0.121. The molecule has 0 radical (unpaired) electrons. The van der Waals surface area contributed by atoms with Gasteiger partial charge in [-0.05, 0) is 63.3 Å². The standard InChI is InChI=1S/C25H28F3N5O2/c1-13-16(6-4-7-18(13)25(26,27)28)14(2)30-22-17-12-33(15-9-10-15)24(35)21(19-8-5-11-29-19)20(17)23(34)32(3)31-22/h4,6-7,12,14-15,19,29H,5,8-11H2,1-3H3,(H,30,31)/t14?,19-/m1/s1. The fourth-order valence-corrected chi connectivity index (χ4v) is 5.17. The van der Waals surface area contributed by atoms with Crippen molar-refractivity contribution in [2.75, 3.05) is 11.9 Å². The van der Waals surface area contributed by atoms with Crippen molar-refractivity contribution in [3.8, 4) is 0 Å². The van der Waals surface area contributed by atoms with Crippen LogP contribution in [0.1, 0.15) is 73.0 Å². The summed E-state index contributed by atoms with van der Waals surface area (Å²) in [4.78, 5) is 26.7. The van der Waals surface area contributed by atoms with Crippen LogP contribution in [0.2, 0.25) is 0 Å². The first-order valence-corrected chi connectivity index (χ1v) is 11.9. The zero-order valence-electron chi connectivity index (χ0n) is 19.9. The number of pyridine rings is 1. The van der Waals surface area contributed by atoms with Gasteiger partial charge in [0, 0.05) is 36.3 Å². The number of hydrogen-bond acceptors (Lipinski definition) is 5. The lowest BCUT2D eigenvalue weighted by atomic mass is 9.97. The van der Waals surface area contributed by atoms with Crippen LogP contribution in [0, 0.1) is 6.92 Å². The number of halogens is 3. The third-order valence-corrected chi connectivity index (χ3v) is 7.13. The van der Waals surface area contributed by atoms with E-state index in [-0.39, 0.29) is 28.8 Å². The quantitative estimate of drug-likeness (QED) is 0.559. The maximum Gasteiger partial charge on any atom is 0.416 e. The zero-order chi connectivity index (χ0) is 25.1. The van der Waals surface area contributed by atoms with Gasteiger partial charge in [0.05, 0.1) is 17.0 Å². The molecule has 2 atom stereocenters. The molecule has 1 aliphatic carbocycles. The lowest BCUT2D eigenvalue weighted by molar-refractivity contribution is -0.138. The number of hydrogen-bond donors (Lipinski definition) is 2. The molecule has 2 fully saturated rings. The molecule has 0 bridgehead atoms. The van der Waals surface area contributed by atoms with Crippen LogP contribution in [0.4, 0.5) is 19.0 Å². The first kappa shape index (κ1) is 23.6. The lowest BCUT2D eigenvalue weighted by Gasteiger charge is -2.22. The SMILES string of the molecule is Cc1c(C(C)Nc2nn(C)c(=O)c3c([C@H]4CCCN4)c(=O)n(C4CC4)cc23)cccc1C(F)(F)F. The van der Waals surface area contributed by atoms with Crippen LogP contribution >= 0.6 is 0 Å². The number of rotatable bonds is 5. The number of alkyl halides is 3. The summed E-state index contributed by atoms with van der Waals surface area (Å²) >= 11 is 0. The second-order valence-corrected chi connectivity index (χ2v) is 9.58. The average Bonchev–Trinajstić information content (AvgIpc) is 3.49. The molecule has 1 aromatic carbocycles. The van der Waals surface area contributed by atoms with Crippen molar-refractivity contribution in [3.63, 3.8) is 0 Å². The average molecular weight is 488 g/mol. The van der Waals surface area contributed by atoms with Gasteiger partial charge in [0.15, 0.2) is 5.82 Å². The molecule has 0 spiro atoms. The van der Waals surface area contributed by atoms with Gasteiger partial charge in [-0.2, -0.15) is 18.3 Å². The maximum absolute atomic E-state index is 13.5. The zero-order valence-corrected chi connectivity index (χ0v) is 19.9. The molecule has 1 saturated heterocycles. The predicted octanol–water partition coefficient (Wildman–Crippen LogP) is 4.35. The van der Waals surface area contributed by atoms with Gasteiger partial charge in [0.1, 0.15) is 0 Å². The Bertz CT molecular complexity index is 1420. The molecule has 35 heavy (non-hydrogen) atoms. The van der Waals surface area contributed by atoms with E-state index in [0.29, 0.717) is 27.7 Å². The minimum Gasteiger partial charge on any atom is -0.362 e. The maximum atomic E-state index is 13.5. The monoisotopic (exact) mass is 487 g/mol. The van der Waals surface area contributed by atoms with Gasteiger partial charge in [-0.1, -0.05) is 12.1 Å². The molecular formula is C25H28F3N5O2. The molecule has 5 rings (SSSR count). The number of nitrogens with zero attached hydrogens (tertiary/aromatic N) is 3. The van der Waals surface area contributed by atoms with Crippen LogP contribution in [0.15, 0.2) is 34.0 Å². The Morgan fingerprint density at radius 1 is 1.17 bits per heavy atom. The Balaban J connectivity index is 1.67. The summed E-state index contributed by atoms with van der Waals surface area (Å²) in [6, 6.07) is 3.46. The number of nitrogens with one attached hydrogen (secondary N) is 2. The number of anilines is 1. The van der Waals surface area contributed by atoms with Crippen LogP contribution in [-0.2, 0) is 13.2 Å². The molecule has 2 aromatic heterocycles. The van der Waals surface area contributed by atoms with Gasteiger partial charge in [-0.15, -0.1) is 0 Å². The summed E-state index contributed by atoms with van der Waals surface area (Å²) in [6.07, 6.45) is 0.689. The van der Waals surface area contributed by atoms with E-state index >= 15 is 0 Å². The molecule has 1 unspecified atom stereocenters. The van der Waals surface area contributed by atoms with Gasteiger partial charge in [-0.3, -0.25) is 9.59 Å². The Morgan fingerprint density at radius 3 is 2.54 bits per heavy atom. The summed E-state index contributed by atoms with van der Waals surface area (Å²) in [7, 11) is 1.52. The lowest BCUT2D eigenvalue weighted by Crippen LogP contribution is -2.33. The summed E-state index contributed by atoms with van der Waals surface area (Å²) in [6.45, 7) is 3.99. The highest BCUT2D eigenvalue weighted by Crippen LogP contribution is 2.38. The molecule has 1 aliphatic heterocycles. The van der Waals surface area contributed by atoms with Gasteiger partial charge in [-0.25, -0.2) is 4.68 Å². The van der Waals surface area contributed by atoms with Crippen LogP contribution < -0.4 is 21.8 Å². The van der Waals surface area contributed by atoms with E-state index in [1.807, 2.05) is 0 Å². The number of aryl methyl sites for hydroxylation is 1. The van der Waals surface area contributed by atoms with E-state index in [1.54, 1.807) is 23.8 Å². The molecule has 3 heterocycles. The molecule has 2 aliphatic rings. The van der Waals surface area contributed by atoms with Crippen molar-refractivity contribution in [1.29, 1.82) is 0 Å². The molecule has 10 heteroatoms. The summed E-state index contributed by atoms with van der Waals surface area (Å²) in [5.74, 6) is 0.361. The second-order valence-electron chi connectivity index (χ2n) is 9.58. The third kappa shape index (κ3) is 4.13. The minimum atomic E-state index is -4.45. The number of fused-ring (bicyclic) bond motifs is 1. The summed E-state index contributed by atoms with van der Waals surface area (Å²) in [5, 5.41) is 11.8. The normalized spacial score (nSPS) is 19.3. The highest BCUT2D eigenvalue weighted by Gasteiger charge is 2.34. The molecule has 2 N–H and O–H groups in total. The summed E-state index contributed by atoms with van der Waals surface area (Å²) < 4.78 is 43.3. The molecule has 0 amide bonds. The Kier molecular flexibility index (Phi) is 5.74. The molecular weight excluding hydrogens is 459 g/mol. The van der Waals surface area contributed by atoms with Crippen LogP contribution in [0.25, 0.3) is 10.8 Å². The first-order valence-electron chi connectivity index (χ1n) is 11.9. The van der Waals surface area contributed by atoms with Crippen molar-refractivity contribution in [2.45, 2.75) is 63.8 Å². The number of aromatic nitrogens is 3. The fraction of sp³-hybridized carbons (Fsp3) is 0.480. The second kappa shape index (κ2) is 8.51. The Morgan fingerprint density at radius 2 is 1.91 bits per heavy atom. The van der Waals surface area contributed by atoms with E-state index in [1.165, 1.54) is 24.7 Å². The van der Waals surface area contributed by atoms with E-state index < -0.39 is 17.8 Å². The van der Waals surface area contributed by atoms with Gasteiger partial charge < -0.3 is 15.2 Å². The first-order chi connectivity index (χ1) is 16.6. The Hall–Kier alpha value is -3.14. The largest absolute Gasteiger partial charge is 0.416 e. The third-order valence-electron chi connectivity index (χ3n) is 7.13. The Labute approximate surface area is 200 Å². The minimum absolute atomic E-state index is 0.0899.